The fourth-order valence-electron chi connectivity index (χ4n) is 4.72. The molecule has 1 heterocycles. The number of ketones is 2. The van der Waals surface area contributed by atoms with Crippen molar-refractivity contribution in [1.29, 1.82) is 0 Å². The topological polar surface area (TPSA) is 63.2 Å². The van der Waals surface area contributed by atoms with E-state index in [0.29, 0.717) is 27.4 Å². The molecule has 1 fully saturated rings. The van der Waals surface area contributed by atoms with Gasteiger partial charge >= 0.3 is 0 Å². The molecule has 30 heavy (non-hydrogen) atoms. The number of Topliss-reactive ketones (excluding diaryl/α,β-unsaturated/α-hetero) is 2. The molecule has 3 atom stereocenters. The summed E-state index contributed by atoms with van der Waals surface area (Å²) in [6.07, 6.45) is 0. The number of carbonyl (C=O) groups is 3. The van der Waals surface area contributed by atoms with Crippen molar-refractivity contribution < 1.29 is 14.4 Å². The molecule has 4 nitrogen and oxygen atoms in total. The van der Waals surface area contributed by atoms with Crippen LogP contribution >= 0.6 is 11.6 Å². The lowest BCUT2D eigenvalue weighted by Gasteiger charge is -2.09. The minimum Gasteiger partial charge on any atom is -0.325 e. The molecule has 1 N–H and O–H groups in total. The number of carbonyl (C=O) groups excluding carboxylic acids is 3. The quantitative estimate of drug-likeness (QED) is 0.619. The lowest BCUT2D eigenvalue weighted by molar-refractivity contribution is -0.118. The number of fused-ring (bicyclic) bond motifs is 2. The number of nitrogens with one attached hydrogen (secondary N) is 1. The van der Waals surface area contributed by atoms with Crippen molar-refractivity contribution in [3.05, 3.63) is 100 Å². The Bertz CT molecular complexity index is 1200. The summed E-state index contributed by atoms with van der Waals surface area (Å²) in [5.41, 5.74) is 2.02. The van der Waals surface area contributed by atoms with E-state index in [4.69, 9.17) is 11.6 Å². The first kappa shape index (κ1) is 18.8. The number of hydrogen-bond acceptors (Lipinski definition) is 3. The van der Waals surface area contributed by atoms with Crippen LogP contribution in [-0.4, -0.2) is 17.5 Å². The number of halogens is 1. The lowest BCUT2D eigenvalue weighted by atomic mass is 9.90. The summed E-state index contributed by atoms with van der Waals surface area (Å²) in [5.74, 6) is -2.27. The zero-order valence-electron chi connectivity index (χ0n) is 16.2. The molecule has 1 saturated carbocycles. The summed E-state index contributed by atoms with van der Waals surface area (Å²) in [4.78, 5) is 40.2. The lowest BCUT2D eigenvalue weighted by Crippen LogP contribution is -2.26. The SMILES string of the molecule is Cc1ccc(C(=O)C2C(C(=O)c3ccccc3)C23C(=O)Nc2ccc(Cl)cc23)cc1. The van der Waals surface area contributed by atoms with E-state index in [1.54, 1.807) is 54.6 Å². The highest BCUT2D eigenvalue weighted by Crippen LogP contribution is 2.66. The Balaban J connectivity index is 1.65. The molecule has 2 aliphatic rings. The van der Waals surface area contributed by atoms with Crippen LogP contribution in [0.3, 0.4) is 0 Å². The minimum atomic E-state index is -1.23. The molecular formula is C25H18ClNO3. The van der Waals surface area contributed by atoms with E-state index in [1.165, 1.54) is 0 Å². The van der Waals surface area contributed by atoms with Gasteiger partial charge in [0.05, 0.1) is 17.3 Å². The van der Waals surface area contributed by atoms with Crippen molar-refractivity contribution in [3.8, 4) is 0 Å². The summed E-state index contributed by atoms with van der Waals surface area (Å²) in [6.45, 7) is 1.94. The van der Waals surface area contributed by atoms with Crippen LogP contribution in [0.15, 0.2) is 72.8 Å². The zero-order valence-corrected chi connectivity index (χ0v) is 16.9. The van der Waals surface area contributed by atoms with Crippen molar-refractivity contribution in [2.75, 3.05) is 5.32 Å². The molecule has 148 valence electrons. The number of aryl methyl sites for hydroxylation is 1. The highest BCUT2D eigenvalue weighted by atomic mass is 35.5. The molecule has 0 radical (unpaired) electrons. The van der Waals surface area contributed by atoms with Crippen LogP contribution in [0.2, 0.25) is 5.02 Å². The first-order valence-electron chi connectivity index (χ1n) is 9.76. The summed E-state index contributed by atoms with van der Waals surface area (Å²) >= 11 is 6.22. The highest BCUT2D eigenvalue weighted by molar-refractivity contribution is 6.31. The third-order valence-electron chi connectivity index (χ3n) is 6.22. The van der Waals surface area contributed by atoms with Crippen LogP contribution in [-0.2, 0) is 10.2 Å². The van der Waals surface area contributed by atoms with E-state index in [9.17, 15) is 14.4 Å². The molecule has 5 heteroatoms. The summed E-state index contributed by atoms with van der Waals surface area (Å²) in [6, 6.07) is 21.1. The van der Waals surface area contributed by atoms with Gasteiger partial charge < -0.3 is 5.32 Å². The van der Waals surface area contributed by atoms with Gasteiger partial charge in [0.1, 0.15) is 0 Å². The monoisotopic (exact) mass is 415 g/mol. The van der Waals surface area contributed by atoms with Crippen LogP contribution in [0.1, 0.15) is 31.8 Å². The van der Waals surface area contributed by atoms with Crippen molar-refractivity contribution in [2.45, 2.75) is 12.3 Å². The Morgan fingerprint density at radius 3 is 2.10 bits per heavy atom. The second kappa shape index (κ2) is 6.64. The first-order valence-corrected chi connectivity index (χ1v) is 10.1. The largest absolute Gasteiger partial charge is 0.325 e. The fourth-order valence-corrected chi connectivity index (χ4v) is 4.89. The summed E-state index contributed by atoms with van der Waals surface area (Å²) < 4.78 is 0. The second-order valence-electron chi connectivity index (χ2n) is 7.93. The third kappa shape index (κ3) is 2.57. The van der Waals surface area contributed by atoms with Crippen molar-refractivity contribution in [2.24, 2.45) is 11.8 Å². The van der Waals surface area contributed by atoms with Gasteiger partial charge in [-0.3, -0.25) is 14.4 Å². The van der Waals surface area contributed by atoms with Crippen LogP contribution in [0.4, 0.5) is 5.69 Å². The smallest absolute Gasteiger partial charge is 0.236 e. The maximum absolute atomic E-state index is 13.5. The Morgan fingerprint density at radius 1 is 0.867 bits per heavy atom. The molecule has 0 bridgehead atoms. The van der Waals surface area contributed by atoms with Gasteiger partial charge in [-0.15, -0.1) is 0 Å². The van der Waals surface area contributed by atoms with Crippen LogP contribution in [0.25, 0.3) is 0 Å². The zero-order chi connectivity index (χ0) is 21.0. The van der Waals surface area contributed by atoms with Gasteiger partial charge in [0.25, 0.3) is 0 Å². The molecular weight excluding hydrogens is 398 g/mol. The predicted octanol–water partition coefficient (Wildman–Crippen LogP) is 4.85. The average Bonchev–Trinajstić information content (AvgIpc) is 3.38. The van der Waals surface area contributed by atoms with E-state index in [2.05, 4.69) is 5.32 Å². The van der Waals surface area contributed by atoms with Gasteiger partial charge in [0, 0.05) is 21.8 Å². The standard InChI is InChI=1S/C25H18ClNO3/c1-14-7-9-16(10-8-14)23(29)21-20(22(28)15-5-3-2-4-6-15)25(21)18-13-17(26)11-12-19(18)27-24(25)30/h2-13,20-21H,1H3,(H,27,30). The average molecular weight is 416 g/mol. The molecule has 1 spiro atoms. The van der Waals surface area contributed by atoms with Crippen molar-refractivity contribution in [1.82, 2.24) is 0 Å². The van der Waals surface area contributed by atoms with Crippen LogP contribution in [0.5, 0.6) is 0 Å². The molecule has 5 rings (SSSR count). The maximum atomic E-state index is 13.5. The van der Waals surface area contributed by atoms with Gasteiger partial charge in [-0.1, -0.05) is 71.8 Å². The van der Waals surface area contributed by atoms with Crippen molar-refractivity contribution >= 4 is 34.8 Å². The molecule has 0 saturated heterocycles. The van der Waals surface area contributed by atoms with E-state index in [0.717, 1.165) is 5.56 Å². The van der Waals surface area contributed by atoms with Crippen LogP contribution < -0.4 is 5.32 Å². The molecule has 1 amide bonds. The van der Waals surface area contributed by atoms with Gasteiger partial charge in [0.2, 0.25) is 5.91 Å². The molecule has 3 aromatic carbocycles. The van der Waals surface area contributed by atoms with Crippen molar-refractivity contribution in [3.63, 3.8) is 0 Å². The Labute approximate surface area is 178 Å². The number of anilines is 1. The summed E-state index contributed by atoms with van der Waals surface area (Å²) in [7, 11) is 0. The van der Waals surface area contributed by atoms with Gasteiger partial charge in [0.15, 0.2) is 11.6 Å². The van der Waals surface area contributed by atoms with E-state index in [-0.39, 0.29) is 17.5 Å². The number of hydrogen-bond donors (Lipinski definition) is 1. The Morgan fingerprint density at radius 2 is 1.47 bits per heavy atom. The normalized spacial score (nSPS) is 23.7. The van der Waals surface area contributed by atoms with Gasteiger partial charge in [-0.05, 0) is 30.7 Å². The number of benzene rings is 3. The molecule has 1 aliphatic heterocycles. The fraction of sp³-hybridized carbons (Fsp3) is 0.160. The van der Waals surface area contributed by atoms with Gasteiger partial charge in [-0.25, -0.2) is 0 Å². The number of amides is 1. The van der Waals surface area contributed by atoms with Crippen LogP contribution in [0, 0.1) is 18.8 Å². The van der Waals surface area contributed by atoms with E-state index < -0.39 is 17.3 Å². The van der Waals surface area contributed by atoms with Gasteiger partial charge in [-0.2, -0.15) is 0 Å². The van der Waals surface area contributed by atoms with E-state index >= 15 is 0 Å². The third-order valence-corrected chi connectivity index (χ3v) is 6.45. The molecule has 1 aliphatic carbocycles. The maximum Gasteiger partial charge on any atom is 0.236 e. The highest BCUT2D eigenvalue weighted by Gasteiger charge is 2.78. The number of rotatable bonds is 4. The van der Waals surface area contributed by atoms with E-state index in [1.807, 2.05) is 25.1 Å². The Kier molecular flexibility index (Phi) is 4.16. The first-order chi connectivity index (χ1) is 14.4. The second-order valence-corrected chi connectivity index (χ2v) is 8.37. The molecule has 3 aromatic rings. The molecule has 3 unspecified atom stereocenters. The Hall–Kier alpha value is -3.24. The summed E-state index contributed by atoms with van der Waals surface area (Å²) in [5, 5.41) is 3.32. The molecule has 0 aromatic heterocycles. The minimum absolute atomic E-state index is 0.202. The predicted molar refractivity (Wildman–Crippen MR) is 115 cm³/mol.